The van der Waals surface area contributed by atoms with Gasteiger partial charge in [0.25, 0.3) is 5.91 Å². The molecular formula is C53H85N7O14. The van der Waals surface area contributed by atoms with E-state index in [4.69, 9.17) is 34.2 Å². The van der Waals surface area contributed by atoms with Gasteiger partial charge in [-0.25, -0.2) is 14.4 Å². The van der Waals surface area contributed by atoms with Gasteiger partial charge in [-0.3, -0.25) is 24.0 Å². The fourth-order valence-electron chi connectivity index (χ4n) is 7.76. The van der Waals surface area contributed by atoms with Gasteiger partial charge in [-0.2, -0.15) is 0 Å². The lowest BCUT2D eigenvalue weighted by atomic mass is 9.90. The molecule has 0 aliphatic carbocycles. The van der Waals surface area contributed by atoms with Crippen LogP contribution in [0.2, 0.25) is 0 Å². The molecule has 0 saturated carbocycles. The Morgan fingerprint density at radius 3 is 2.12 bits per heavy atom. The minimum absolute atomic E-state index is 0.0586. The zero-order chi connectivity index (χ0) is 55.5. The number of hydrogen-bond donors (Lipinski definition) is 5. The summed E-state index contributed by atoms with van der Waals surface area (Å²) < 4.78 is 34.0. The molecule has 74 heavy (non-hydrogen) atoms. The summed E-state index contributed by atoms with van der Waals surface area (Å²) in [4.78, 5) is 113. The number of rotatable bonds is 19. The molecule has 0 radical (unpaired) electrons. The van der Waals surface area contributed by atoms with Crippen LogP contribution in [0.15, 0.2) is 53.6 Å². The van der Waals surface area contributed by atoms with Gasteiger partial charge >= 0.3 is 18.0 Å². The molecule has 1 aliphatic heterocycles. The molecule has 1 aromatic carbocycles. The first-order chi connectivity index (χ1) is 35.1. The average molecular weight is 1040 g/mol. The molecule has 6 N–H and O–H groups in total. The Bertz CT molecular complexity index is 2030. The molecule has 21 heteroatoms. The van der Waals surface area contributed by atoms with Gasteiger partial charge < -0.3 is 65.2 Å². The minimum Gasteiger partial charge on any atom is -0.456 e. The zero-order valence-corrected chi connectivity index (χ0v) is 45.7. The van der Waals surface area contributed by atoms with Crippen molar-refractivity contribution < 1.29 is 66.8 Å². The maximum Gasteiger partial charge on any atom is 0.407 e. The molecule has 0 spiro atoms. The minimum atomic E-state index is -1.33. The maximum absolute atomic E-state index is 14.3. The van der Waals surface area contributed by atoms with E-state index in [-0.39, 0.29) is 50.6 Å². The van der Waals surface area contributed by atoms with Crippen LogP contribution in [0.5, 0.6) is 0 Å². The number of allylic oxidation sites excluding steroid dienone is 1. The Morgan fingerprint density at radius 1 is 0.865 bits per heavy atom. The van der Waals surface area contributed by atoms with Gasteiger partial charge in [0, 0.05) is 58.2 Å². The molecule has 6 amide bonds. The number of esters is 2. The van der Waals surface area contributed by atoms with Gasteiger partial charge in [0.15, 0.2) is 6.10 Å². The largest absolute Gasteiger partial charge is 0.456 e. The number of benzene rings is 1. The van der Waals surface area contributed by atoms with Crippen molar-refractivity contribution in [1.29, 1.82) is 0 Å². The predicted molar refractivity (Wildman–Crippen MR) is 277 cm³/mol. The Hall–Kier alpha value is -5.90. The summed E-state index contributed by atoms with van der Waals surface area (Å²) in [7, 11) is 2.83. The highest BCUT2D eigenvalue weighted by Crippen LogP contribution is 2.26. The van der Waals surface area contributed by atoms with Crippen molar-refractivity contribution in [3.05, 3.63) is 59.2 Å². The van der Waals surface area contributed by atoms with Crippen molar-refractivity contribution in [2.75, 3.05) is 67.0 Å². The van der Waals surface area contributed by atoms with Gasteiger partial charge in [0.05, 0.1) is 33.1 Å². The average Bonchev–Trinajstić information content (AvgIpc) is 3.37. The molecule has 1 heterocycles. The SMILES string of the molecule is C/C=C(\C)[C@H]1OC(=O)[C@@H](C)NC(=O)[C@H](C(C)CC)NC(=O)CN(C)C(=O)[C@@H](Cc2ccccc2)N(C)C(=O)[C@H](C)NC(=O)[C@@H](CC(C)C)OC(=O)/C(C)=C/C[C@H](OC(=O)NCCOCCCOCCOCN)[C@@H]1C. The van der Waals surface area contributed by atoms with Crippen LogP contribution in [0.3, 0.4) is 0 Å². The summed E-state index contributed by atoms with van der Waals surface area (Å²) in [6.45, 7) is 18.3. The number of ether oxygens (including phenoxy) is 6. The van der Waals surface area contributed by atoms with E-state index in [0.717, 1.165) is 10.5 Å². The number of alkyl carbamates (subject to hydrolysis) is 1. The first kappa shape index (κ1) is 64.2. The predicted octanol–water partition coefficient (Wildman–Crippen LogP) is 3.33. The second-order valence-corrected chi connectivity index (χ2v) is 19.2. The molecule has 1 aromatic rings. The Kier molecular flexibility index (Phi) is 29.4. The van der Waals surface area contributed by atoms with Crippen LogP contribution in [0.1, 0.15) is 100 Å². The van der Waals surface area contributed by atoms with Gasteiger partial charge in [0.1, 0.15) is 36.4 Å². The Labute approximate surface area is 437 Å². The van der Waals surface area contributed by atoms with Crippen molar-refractivity contribution in [3.8, 4) is 0 Å². The van der Waals surface area contributed by atoms with Crippen LogP contribution in [-0.4, -0.2) is 167 Å². The summed E-state index contributed by atoms with van der Waals surface area (Å²) in [6, 6.07) is 4.28. The second-order valence-electron chi connectivity index (χ2n) is 19.2. The van der Waals surface area contributed by atoms with Gasteiger partial charge in [-0.1, -0.05) is 83.5 Å². The quantitative estimate of drug-likeness (QED) is 0.0437. The lowest BCUT2D eigenvalue weighted by molar-refractivity contribution is -0.155. The van der Waals surface area contributed by atoms with Gasteiger partial charge in [-0.15, -0.1) is 0 Å². The summed E-state index contributed by atoms with van der Waals surface area (Å²) in [5, 5.41) is 10.8. The topological polar surface area (TPSA) is 273 Å². The molecule has 0 bridgehead atoms. The van der Waals surface area contributed by atoms with E-state index in [1.807, 2.05) is 26.8 Å². The van der Waals surface area contributed by atoms with Crippen LogP contribution in [0.4, 0.5) is 4.79 Å². The van der Waals surface area contributed by atoms with Crippen LogP contribution in [-0.2, 0) is 68.4 Å². The first-order valence-electron chi connectivity index (χ1n) is 25.6. The first-order valence-corrected chi connectivity index (χ1v) is 25.6. The third-order valence-electron chi connectivity index (χ3n) is 12.6. The third-order valence-corrected chi connectivity index (χ3v) is 12.6. The van der Waals surface area contributed by atoms with Crippen molar-refractivity contribution in [2.24, 2.45) is 23.5 Å². The van der Waals surface area contributed by atoms with Gasteiger partial charge in [-0.05, 0) is 70.4 Å². The van der Waals surface area contributed by atoms with E-state index < -0.39 is 108 Å². The number of hydrogen-bond acceptors (Lipinski definition) is 15. The van der Waals surface area contributed by atoms with Crippen LogP contribution < -0.4 is 27.0 Å². The molecular weight excluding hydrogens is 959 g/mol. The molecule has 1 unspecified atom stereocenters. The normalized spacial score (nSPS) is 25.2. The fourth-order valence-corrected chi connectivity index (χ4v) is 7.76. The fraction of sp³-hybridized carbons (Fsp3) is 0.660. The van der Waals surface area contributed by atoms with Crippen molar-refractivity contribution in [3.63, 3.8) is 0 Å². The van der Waals surface area contributed by atoms with E-state index in [1.165, 1.54) is 45.8 Å². The summed E-state index contributed by atoms with van der Waals surface area (Å²) >= 11 is 0. The molecule has 0 fully saturated rings. The molecule has 9 atom stereocenters. The van der Waals surface area contributed by atoms with Crippen molar-refractivity contribution in [1.82, 2.24) is 31.1 Å². The van der Waals surface area contributed by atoms with E-state index in [0.29, 0.717) is 44.8 Å². The highest BCUT2D eigenvalue weighted by Gasteiger charge is 2.37. The highest BCUT2D eigenvalue weighted by molar-refractivity contribution is 5.96. The molecule has 21 nitrogen and oxygen atoms in total. The van der Waals surface area contributed by atoms with E-state index >= 15 is 0 Å². The Morgan fingerprint density at radius 2 is 1.50 bits per heavy atom. The van der Waals surface area contributed by atoms with Crippen molar-refractivity contribution >= 4 is 47.6 Å². The smallest absolute Gasteiger partial charge is 0.407 e. The summed E-state index contributed by atoms with van der Waals surface area (Å²) in [6.07, 6.45) is 0.190. The molecule has 0 saturated heterocycles. The number of amides is 6. The van der Waals surface area contributed by atoms with Crippen LogP contribution in [0.25, 0.3) is 0 Å². The van der Waals surface area contributed by atoms with Crippen molar-refractivity contribution in [2.45, 2.75) is 144 Å². The number of carbonyl (C=O) groups is 8. The van der Waals surface area contributed by atoms with Crippen LogP contribution in [0, 0.1) is 17.8 Å². The molecule has 416 valence electrons. The maximum atomic E-state index is 14.3. The Balaban J connectivity index is 2.59. The lowest BCUT2D eigenvalue weighted by Crippen LogP contribution is -2.57. The second kappa shape index (κ2) is 33.8. The molecule has 2 rings (SSSR count). The monoisotopic (exact) mass is 1040 g/mol. The molecule has 1 aliphatic rings. The third kappa shape index (κ3) is 22.3. The number of carbonyl (C=O) groups excluding carboxylic acids is 8. The van der Waals surface area contributed by atoms with Gasteiger partial charge in [0.2, 0.25) is 23.6 Å². The number of cyclic esters (lactones) is 2. The summed E-state index contributed by atoms with van der Waals surface area (Å²) in [5.41, 5.74) is 6.68. The standard InChI is InChI=1S/C53H85N7O14/c1-13-34(5)45-48(63)57-39(10)52(67)74-46(35(6)14-2)37(8)42(73-53(68)55-23-26-69-24-18-25-70-27-28-71-32-54)22-21-36(7)51(66)72-43(29-33(3)4)47(62)56-38(9)49(64)60(12)41(30-40-19-16-15-17-20-40)50(65)59(11)31-44(61)58-45/h14-17,19-21,33-34,37-39,41-43,45-46H,13,18,22-32,54H2,1-12H3,(H,55,68)(H,56,62)(H,57,63)(H,58,61)/b35-14+,36-21+/t34?,37-,38-,39+,41+,42-,43+,45-,46+/m0/s1. The van der Waals surface area contributed by atoms with Crippen LogP contribution >= 0.6 is 0 Å². The number of likely N-dealkylation sites (N-methyl/N-ethyl adjacent to an activating group) is 2. The van der Waals surface area contributed by atoms with E-state index in [2.05, 4.69) is 21.3 Å². The lowest BCUT2D eigenvalue weighted by Gasteiger charge is -2.33. The number of nitrogens with one attached hydrogen (secondary N) is 4. The van der Waals surface area contributed by atoms with E-state index in [9.17, 15) is 38.4 Å². The summed E-state index contributed by atoms with van der Waals surface area (Å²) in [5.74, 6) is -6.29. The number of nitrogens with zero attached hydrogens (tertiary/aromatic N) is 2. The molecule has 0 aromatic heterocycles. The van der Waals surface area contributed by atoms with E-state index in [1.54, 1.807) is 58.0 Å². The zero-order valence-electron chi connectivity index (χ0n) is 45.7. The number of nitrogens with two attached hydrogens (primary N) is 1. The highest BCUT2D eigenvalue weighted by atomic mass is 16.6.